The Morgan fingerprint density at radius 3 is 2.58 bits per heavy atom. The van der Waals surface area contributed by atoms with Gasteiger partial charge >= 0.3 is 5.97 Å². The van der Waals surface area contributed by atoms with Gasteiger partial charge in [-0.25, -0.2) is 0 Å². The van der Waals surface area contributed by atoms with Gasteiger partial charge in [0, 0.05) is 18.6 Å². The van der Waals surface area contributed by atoms with Crippen molar-refractivity contribution < 1.29 is 18.3 Å². The SMILES string of the molecule is CC1CCCN(S(=O)(=O)NC2(CC(=O)O)CCC2)C1. The third-order valence-electron chi connectivity index (χ3n) is 4.11. The van der Waals surface area contributed by atoms with Crippen LogP contribution < -0.4 is 4.72 Å². The van der Waals surface area contributed by atoms with Gasteiger partial charge in [-0.1, -0.05) is 6.92 Å². The monoisotopic (exact) mass is 290 g/mol. The Balaban J connectivity index is 2.05. The van der Waals surface area contributed by atoms with Gasteiger partial charge in [0.25, 0.3) is 10.2 Å². The van der Waals surface area contributed by atoms with E-state index >= 15 is 0 Å². The first-order chi connectivity index (χ1) is 8.83. The molecule has 1 saturated carbocycles. The molecule has 0 aromatic rings. The lowest BCUT2D eigenvalue weighted by Crippen LogP contribution is -2.59. The number of piperidine rings is 1. The molecule has 110 valence electrons. The van der Waals surface area contributed by atoms with E-state index < -0.39 is 21.7 Å². The largest absolute Gasteiger partial charge is 0.481 e. The molecule has 1 unspecified atom stereocenters. The second kappa shape index (κ2) is 5.38. The van der Waals surface area contributed by atoms with Crippen LogP contribution in [0.4, 0.5) is 0 Å². The van der Waals surface area contributed by atoms with E-state index in [2.05, 4.69) is 4.72 Å². The highest BCUT2D eigenvalue weighted by atomic mass is 32.2. The van der Waals surface area contributed by atoms with E-state index in [1.807, 2.05) is 6.92 Å². The molecule has 2 N–H and O–H groups in total. The summed E-state index contributed by atoms with van der Waals surface area (Å²) in [4.78, 5) is 10.9. The van der Waals surface area contributed by atoms with Crippen LogP contribution in [0.2, 0.25) is 0 Å². The minimum Gasteiger partial charge on any atom is -0.481 e. The number of hydrogen-bond donors (Lipinski definition) is 2. The maximum atomic E-state index is 12.3. The molecule has 7 heteroatoms. The first-order valence-electron chi connectivity index (χ1n) is 6.84. The van der Waals surface area contributed by atoms with Crippen LogP contribution in [0.3, 0.4) is 0 Å². The predicted octanol–water partition coefficient (Wildman–Crippen LogP) is 0.950. The van der Waals surface area contributed by atoms with E-state index in [1.54, 1.807) is 0 Å². The molecule has 0 radical (unpaired) electrons. The topological polar surface area (TPSA) is 86.7 Å². The molecule has 0 bridgehead atoms. The summed E-state index contributed by atoms with van der Waals surface area (Å²) in [6.07, 6.45) is 3.89. The van der Waals surface area contributed by atoms with E-state index in [1.165, 1.54) is 4.31 Å². The van der Waals surface area contributed by atoms with Crippen molar-refractivity contribution in [2.45, 2.75) is 51.0 Å². The molecule has 1 aliphatic carbocycles. The lowest BCUT2D eigenvalue weighted by molar-refractivity contribution is -0.139. The van der Waals surface area contributed by atoms with Crippen LogP contribution in [-0.2, 0) is 15.0 Å². The minimum atomic E-state index is -3.56. The van der Waals surface area contributed by atoms with E-state index in [0.717, 1.165) is 19.3 Å². The number of nitrogens with one attached hydrogen (secondary N) is 1. The summed E-state index contributed by atoms with van der Waals surface area (Å²) < 4.78 is 28.8. The van der Waals surface area contributed by atoms with Crippen molar-refractivity contribution in [3.8, 4) is 0 Å². The van der Waals surface area contributed by atoms with Crippen LogP contribution in [0.25, 0.3) is 0 Å². The molecule has 1 heterocycles. The number of hydrogen-bond acceptors (Lipinski definition) is 3. The number of carboxylic acids is 1. The van der Waals surface area contributed by atoms with Crippen LogP contribution in [0, 0.1) is 5.92 Å². The summed E-state index contributed by atoms with van der Waals surface area (Å²) in [7, 11) is -3.56. The van der Waals surface area contributed by atoms with Crippen molar-refractivity contribution in [3.63, 3.8) is 0 Å². The standard InChI is InChI=1S/C12H22N2O4S/c1-10-4-2-7-14(9-10)19(17,18)13-12(5-3-6-12)8-11(15)16/h10,13H,2-9H2,1H3,(H,15,16). The van der Waals surface area contributed by atoms with Crippen LogP contribution in [0.15, 0.2) is 0 Å². The smallest absolute Gasteiger partial charge is 0.305 e. The first kappa shape index (κ1) is 14.7. The Kier molecular flexibility index (Phi) is 4.17. The maximum absolute atomic E-state index is 12.3. The minimum absolute atomic E-state index is 0.129. The second-order valence-electron chi connectivity index (χ2n) is 5.92. The fourth-order valence-electron chi connectivity index (χ4n) is 2.91. The summed E-state index contributed by atoms with van der Waals surface area (Å²) in [6, 6.07) is 0. The molecule has 0 aromatic carbocycles. The van der Waals surface area contributed by atoms with Crippen molar-refractivity contribution in [3.05, 3.63) is 0 Å². The molecular formula is C12H22N2O4S. The van der Waals surface area contributed by atoms with Crippen LogP contribution in [0.1, 0.15) is 45.4 Å². The van der Waals surface area contributed by atoms with E-state index in [4.69, 9.17) is 5.11 Å². The molecule has 0 amide bonds. The zero-order chi connectivity index (χ0) is 14.1. The van der Waals surface area contributed by atoms with Gasteiger partial charge in [-0.15, -0.1) is 0 Å². The highest BCUT2D eigenvalue weighted by Crippen LogP contribution is 2.36. The Morgan fingerprint density at radius 2 is 2.11 bits per heavy atom. The predicted molar refractivity (Wildman–Crippen MR) is 70.9 cm³/mol. The molecule has 0 spiro atoms. The number of rotatable bonds is 5. The van der Waals surface area contributed by atoms with Crippen molar-refractivity contribution in [1.29, 1.82) is 0 Å². The van der Waals surface area contributed by atoms with Crippen molar-refractivity contribution >= 4 is 16.2 Å². The maximum Gasteiger partial charge on any atom is 0.305 e. The molecular weight excluding hydrogens is 268 g/mol. The zero-order valence-electron chi connectivity index (χ0n) is 11.3. The highest BCUT2D eigenvalue weighted by Gasteiger charge is 2.44. The van der Waals surface area contributed by atoms with Gasteiger partial charge in [-0.05, 0) is 38.0 Å². The van der Waals surface area contributed by atoms with Crippen molar-refractivity contribution in [2.24, 2.45) is 5.92 Å². The third kappa shape index (κ3) is 3.46. The summed E-state index contributed by atoms with van der Waals surface area (Å²) in [5.41, 5.74) is -0.759. The normalized spacial score (nSPS) is 27.7. The van der Waals surface area contributed by atoms with E-state index in [-0.39, 0.29) is 6.42 Å². The Labute approximate surface area is 114 Å². The van der Waals surface area contributed by atoms with Gasteiger partial charge in [0.1, 0.15) is 0 Å². The number of carbonyl (C=O) groups is 1. The van der Waals surface area contributed by atoms with Gasteiger partial charge < -0.3 is 5.11 Å². The van der Waals surface area contributed by atoms with Gasteiger partial charge in [0.05, 0.1) is 6.42 Å². The summed E-state index contributed by atoms with van der Waals surface area (Å²) in [5.74, 6) is -0.587. The van der Waals surface area contributed by atoms with E-state index in [9.17, 15) is 13.2 Å². The number of carboxylic acid groups (broad SMARTS) is 1. The number of aliphatic carboxylic acids is 1. The highest BCUT2D eigenvalue weighted by molar-refractivity contribution is 7.87. The molecule has 19 heavy (non-hydrogen) atoms. The zero-order valence-corrected chi connectivity index (χ0v) is 12.1. The van der Waals surface area contributed by atoms with Crippen LogP contribution in [0.5, 0.6) is 0 Å². The Hall–Kier alpha value is -0.660. The van der Waals surface area contributed by atoms with E-state index in [0.29, 0.717) is 31.8 Å². The van der Waals surface area contributed by atoms with Gasteiger partial charge in [0.15, 0.2) is 0 Å². The lowest BCUT2D eigenvalue weighted by Gasteiger charge is -2.43. The fourth-order valence-corrected chi connectivity index (χ4v) is 4.68. The fraction of sp³-hybridized carbons (Fsp3) is 0.917. The van der Waals surface area contributed by atoms with Gasteiger partial charge in [-0.2, -0.15) is 17.4 Å². The van der Waals surface area contributed by atoms with Crippen molar-refractivity contribution in [1.82, 2.24) is 9.03 Å². The molecule has 2 fully saturated rings. The molecule has 6 nitrogen and oxygen atoms in total. The second-order valence-corrected chi connectivity index (χ2v) is 7.59. The summed E-state index contributed by atoms with van der Waals surface area (Å²) >= 11 is 0. The van der Waals surface area contributed by atoms with Gasteiger partial charge in [-0.3, -0.25) is 4.79 Å². The molecule has 2 aliphatic rings. The Bertz CT molecular complexity index is 445. The molecule has 1 saturated heterocycles. The lowest BCUT2D eigenvalue weighted by atomic mass is 9.75. The summed E-state index contributed by atoms with van der Waals surface area (Å²) in [6.45, 7) is 3.10. The van der Waals surface area contributed by atoms with Crippen LogP contribution in [-0.4, -0.2) is 42.4 Å². The molecule has 1 atom stereocenters. The quantitative estimate of drug-likeness (QED) is 0.789. The molecule has 1 aliphatic heterocycles. The summed E-state index contributed by atoms with van der Waals surface area (Å²) in [5, 5.41) is 8.91. The number of nitrogens with zero attached hydrogens (tertiary/aromatic N) is 1. The third-order valence-corrected chi connectivity index (χ3v) is 5.81. The van der Waals surface area contributed by atoms with Gasteiger partial charge in [0.2, 0.25) is 0 Å². The Morgan fingerprint density at radius 1 is 1.42 bits per heavy atom. The molecule has 0 aromatic heterocycles. The molecule has 2 rings (SSSR count). The average Bonchev–Trinajstić information content (AvgIpc) is 2.25. The van der Waals surface area contributed by atoms with Crippen molar-refractivity contribution in [2.75, 3.05) is 13.1 Å². The first-order valence-corrected chi connectivity index (χ1v) is 8.28. The average molecular weight is 290 g/mol. The van der Waals surface area contributed by atoms with Crippen LogP contribution >= 0.6 is 0 Å².